The molecule has 0 aliphatic carbocycles. The van der Waals surface area contributed by atoms with Gasteiger partial charge in [0.1, 0.15) is 5.82 Å². The van der Waals surface area contributed by atoms with Crippen molar-refractivity contribution in [3.63, 3.8) is 0 Å². The highest BCUT2D eigenvalue weighted by atomic mass is 19.1. The number of hydrogen-bond acceptors (Lipinski definition) is 2. The molecule has 0 spiro atoms. The second-order valence-corrected chi connectivity index (χ2v) is 4.39. The van der Waals surface area contributed by atoms with Crippen LogP contribution in [0.1, 0.15) is 25.8 Å². The first-order chi connectivity index (χ1) is 7.58. The third-order valence-electron chi connectivity index (χ3n) is 2.42. The predicted octanol–water partition coefficient (Wildman–Crippen LogP) is 2.12. The summed E-state index contributed by atoms with van der Waals surface area (Å²) in [4.78, 5) is 0. The largest absolute Gasteiger partial charge is 0.392 e. The first-order valence-electron chi connectivity index (χ1n) is 5.74. The quantitative estimate of drug-likeness (QED) is 0.777. The molecule has 1 aromatic carbocycles. The van der Waals surface area contributed by atoms with E-state index in [9.17, 15) is 9.50 Å². The van der Waals surface area contributed by atoms with E-state index in [2.05, 4.69) is 5.32 Å². The summed E-state index contributed by atoms with van der Waals surface area (Å²) in [5, 5.41) is 12.8. The lowest BCUT2D eigenvalue weighted by Crippen LogP contribution is -2.32. The lowest BCUT2D eigenvalue weighted by atomic mass is 10.1. The van der Waals surface area contributed by atoms with Crippen LogP contribution in [0.2, 0.25) is 0 Å². The van der Waals surface area contributed by atoms with Gasteiger partial charge < -0.3 is 10.4 Å². The van der Waals surface area contributed by atoms with Crippen LogP contribution in [-0.2, 0) is 6.42 Å². The van der Waals surface area contributed by atoms with E-state index in [1.54, 1.807) is 6.07 Å². The molecule has 0 fully saturated rings. The summed E-state index contributed by atoms with van der Waals surface area (Å²) in [5.74, 6) is -0.215. The minimum Gasteiger partial charge on any atom is -0.392 e. The normalized spacial score (nSPS) is 13.1. The molecule has 0 aliphatic rings. The van der Waals surface area contributed by atoms with E-state index >= 15 is 0 Å². The van der Waals surface area contributed by atoms with Crippen molar-refractivity contribution in [2.75, 3.05) is 6.54 Å². The Balaban J connectivity index is 2.28. The molecule has 1 atom stereocenters. The van der Waals surface area contributed by atoms with Gasteiger partial charge in [-0.25, -0.2) is 4.39 Å². The standard InChI is InChI=1S/C13H20FNO/c1-10(2)15-9-13(16)7-6-11-4-3-5-12(14)8-11/h3-5,8,10,13,15-16H,6-7,9H2,1-2H3. The number of aliphatic hydroxyl groups excluding tert-OH is 1. The van der Waals surface area contributed by atoms with Gasteiger partial charge in [0.05, 0.1) is 6.10 Å². The summed E-state index contributed by atoms with van der Waals surface area (Å²) in [7, 11) is 0. The van der Waals surface area contributed by atoms with Crippen LogP contribution < -0.4 is 5.32 Å². The Morgan fingerprint density at radius 3 is 2.75 bits per heavy atom. The van der Waals surface area contributed by atoms with Crippen LogP contribution in [0.5, 0.6) is 0 Å². The second-order valence-electron chi connectivity index (χ2n) is 4.39. The smallest absolute Gasteiger partial charge is 0.123 e. The van der Waals surface area contributed by atoms with Gasteiger partial charge in [0.2, 0.25) is 0 Å². The van der Waals surface area contributed by atoms with E-state index < -0.39 is 0 Å². The van der Waals surface area contributed by atoms with Crippen LogP contribution in [0.4, 0.5) is 4.39 Å². The van der Waals surface area contributed by atoms with Crippen molar-refractivity contribution in [2.45, 2.75) is 38.8 Å². The molecule has 0 aromatic heterocycles. The van der Waals surface area contributed by atoms with Crippen LogP contribution >= 0.6 is 0 Å². The predicted molar refractivity (Wildman–Crippen MR) is 63.9 cm³/mol. The monoisotopic (exact) mass is 225 g/mol. The number of rotatable bonds is 6. The molecule has 16 heavy (non-hydrogen) atoms. The highest BCUT2D eigenvalue weighted by Gasteiger charge is 2.05. The molecule has 0 bridgehead atoms. The van der Waals surface area contributed by atoms with Crippen LogP contribution in [0.3, 0.4) is 0 Å². The number of halogens is 1. The van der Waals surface area contributed by atoms with Crippen molar-refractivity contribution in [3.05, 3.63) is 35.6 Å². The minimum absolute atomic E-state index is 0.215. The highest BCUT2D eigenvalue weighted by molar-refractivity contribution is 5.16. The summed E-state index contributed by atoms with van der Waals surface area (Å²) in [5.41, 5.74) is 0.934. The van der Waals surface area contributed by atoms with Crippen molar-refractivity contribution >= 4 is 0 Å². The van der Waals surface area contributed by atoms with Crippen molar-refractivity contribution < 1.29 is 9.50 Å². The molecular formula is C13H20FNO. The maximum atomic E-state index is 12.9. The Labute approximate surface area is 96.5 Å². The van der Waals surface area contributed by atoms with Gasteiger partial charge in [0, 0.05) is 12.6 Å². The molecule has 2 nitrogen and oxygen atoms in total. The number of hydrogen-bond donors (Lipinski definition) is 2. The molecule has 0 heterocycles. The fourth-order valence-electron chi connectivity index (χ4n) is 1.50. The van der Waals surface area contributed by atoms with Crippen molar-refractivity contribution in [2.24, 2.45) is 0 Å². The maximum absolute atomic E-state index is 12.9. The van der Waals surface area contributed by atoms with Crippen molar-refractivity contribution in [3.8, 4) is 0 Å². The highest BCUT2D eigenvalue weighted by Crippen LogP contribution is 2.07. The summed E-state index contributed by atoms with van der Waals surface area (Å²) in [6.07, 6.45) is 0.993. The Morgan fingerprint density at radius 1 is 1.38 bits per heavy atom. The molecule has 0 amide bonds. The van der Waals surface area contributed by atoms with E-state index in [0.29, 0.717) is 25.4 Å². The molecule has 0 saturated heterocycles. The van der Waals surface area contributed by atoms with E-state index in [1.807, 2.05) is 19.9 Å². The molecule has 0 saturated carbocycles. The second kappa shape index (κ2) is 6.61. The lowest BCUT2D eigenvalue weighted by Gasteiger charge is -2.13. The first kappa shape index (κ1) is 13.1. The van der Waals surface area contributed by atoms with Gasteiger partial charge in [-0.2, -0.15) is 0 Å². The maximum Gasteiger partial charge on any atom is 0.123 e. The van der Waals surface area contributed by atoms with Gasteiger partial charge in [-0.05, 0) is 30.5 Å². The van der Waals surface area contributed by atoms with E-state index in [4.69, 9.17) is 0 Å². The van der Waals surface area contributed by atoms with Gasteiger partial charge >= 0.3 is 0 Å². The first-order valence-corrected chi connectivity index (χ1v) is 5.74. The number of aryl methyl sites for hydroxylation is 1. The Kier molecular flexibility index (Phi) is 5.43. The number of nitrogens with one attached hydrogen (secondary N) is 1. The van der Waals surface area contributed by atoms with Gasteiger partial charge in [-0.15, -0.1) is 0 Å². The van der Waals surface area contributed by atoms with Gasteiger partial charge in [0.25, 0.3) is 0 Å². The summed E-state index contributed by atoms with van der Waals surface area (Å²) >= 11 is 0. The topological polar surface area (TPSA) is 32.3 Å². The molecule has 0 aliphatic heterocycles. The number of aliphatic hydroxyl groups is 1. The zero-order valence-corrected chi connectivity index (χ0v) is 9.91. The average molecular weight is 225 g/mol. The van der Waals surface area contributed by atoms with Crippen molar-refractivity contribution in [1.82, 2.24) is 5.32 Å². The zero-order valence-electron chi connectivity index (χ0n) is 9.91. The lowest BCUT2D eigenvalue weighted by molar-refractivity contribution is 0.159. The van der Waals surface area contributed by atoms with Crippen LogP contribution in [0.25, 0.3) is 0 Å². The van der Waals surface area contributed by atoms with Gasteiger partial charge in [0.15, 0.2) is 0 Å². The molecule has 90 valence electrons. The molecule has 1 unspecified atom stereocenters. The number of benzene rings is 1. The molecule has 0 radical (unpaired) electrons. The van der Waals surface area contributed by atoms with Gasteiger partial charge in [-0.1, -0.05) is 26.0 Å². The zero-order chi connectivity index (χ0) is 12.0. The van der Waals surface area contributed by atoms with Gasteiger partial charge in [-0.3, -0.25) is 0 Å². The van der Waals surface area contributed by atoms with E-state index in [-0.39, 0.29) is 11.9 Å². The average Bonchev–Trinajstić information content (AvgIpc) is 2.23. The molecule has 3 heteroatoms. The third kappa shape index (κ3) is 5.24. The Morgan fingerprint density at radius 2 is 2.12 bits per heavy atom. The molecular weight excluding hydrogens is 205 g/mol. The minimum atomic E-state index is -0.370. The summed E-state index contributed by atoms with van der Waals surface area (Å²) < 4.78 is 12.9. The molecule has 1 aromatic rings. The summed E-state index contributed by atoms with van der Waals surface area (Å²) in [6, 6.07) is 6.90. The summed E-state index contributed by atoms with van der Waals surface area (Å²) in [6.45, 7) is 4.67. The Bertz CT molecular complexity index is 315. The molecule has 2 N–H and O–H groups in total. The van der Waals surface area contributed by atoms with Crippen LogP contribution in [-0.4, -0.2) is 23.8 Å². The SMILES string of the molecule is CC(C)NCC(O)CCc1cccc(F)c1. The molecule has 1 rings (SSSR count). The van der Waals surface area contributed by atoms with E-state index in [1.165, 1.54) is 12.1 Å². The fourth-order valence-corrected chi connectivity index (χ4v) is 1.50. The van der Waals surface area contributed by atoms with E-state index in [0.717, 1.165) is 5.56 Å². The Hall–Kier alpha value is -0.930. The van der Waals surface area contributed by atoms with Crippen LogP contribution in [0, 0.1) is 5.82 Å². The third-order valence-corrected chi connectivity index (χ3v) is 2.42. The van der Waals surface area contributed by atoms with Crippen LogP contribution in [0.15, 0.2) is 24.3 Å². The fraction of sp³-hybridized carbons (Fsp3) is 0.538. The van der Waals surface area contributed by atoms with Crippen molar-refractivity contribution in [1.29, 1.82) is 0 Å².